The summed E-state index contributed by atoms with van der Waals surface area (Å²) in [6, 6.07) is -0.940. The summed E-state index contributed by atoms with van der Waals surface area (Å²) in [4.78, 5) is 13.2. The van der Waals surface area contributed by atoms with Crippen molar-refractivity contribution < 1.29 is 64.6 Å². The average Bonchev–Trinajstić information content (AvgIpc) is 3.31. The van der Waals surface area contributed by atoms with E-state index >= 15 is 0 Å². The van der Waals surface area contributed by atoms with Gasteiger partial charge in [-0.3, -0.25) is 4.79 Å². The van der Waals surface area contributed by atoms with Crippen LogP contribution in [0.25, 0.3) is 0 Å². The first kappa shape index (κ1) is 59.8. The van der Waals surface area contributed by atoms with E-state index in [1.54, 1.807) is 6.08 Å². The number of nitrogens with one attached hydrogen (secondary N) is 1. The SMILES string of the molecule is CCC/C=C/CC/C=C/CC/C=C/C(O)C(COC1OC(CO)C(OC2OC(CO)C(O)C(O)C2O)C(O)C1O)NC(=O)CCCCCCCCCCC/C=C\C/C=C\CCCCCCC. The topological polar surface area (TPSA) is 228 Å². The Morgan fingerprint density at radius 3 is 1.62 bits per heavy atom. The van der Waals surface area contributed by atoms with Crippen molar-refractivity contribution in [3.63, 3.8) is 0 Å². The second-order valence-electron chi connectivity index (χ2n) is 17.9. The Bertz CT molecular complexity index is 1340. The summed E-state index contributed by atoms with van der Waals surface area (Å²) < 4.78 is 22.6. The van der Waals surface area contributed by atoms with Crippen molar-refractivity contribution >= 4 is 5.91 Å². The zero-order valence-corrected chi connectivity index (χ0v) is 40.4. The van der Waals surface area contributed by atoms with E-state index in [1.807, 2.05) is 6.08 Å². The minimum Gasteiger partial charge on any atom is -0.394 e. The minimum atomic E-state index is -1.79. The first-order valence-electron chi connectivity index (χ1n) is 25.5. The van der Waals surface area contributed by atoms with Gasteiger partial charge in [0.1, 0.15) is 48.8 Å². The van der Waals surface area contributed by atoms with Gasteiger partial charge in [-0.25, -0.2) is 0 Å². The van der Waals surface area contributed by atoms with Crippen molar-refractivity contribution in [1.29, 1.82) is 0 Å². The van der Waals surface area contributed by atoms with Gasteiger partial charge in [0.2, 0.25) is 5.91 Å². The molecule has 2 fully saturated rings. The molecule has 2 saturated heterocycles. The van der Waals surface area contributed by atoms with Crippen molar-refractivity contribution in [2.45, 2.75) is 242 Å². The van der Waals surface area contributed by atoms with Crippen molar-refractivity contribution in [1.82, 2.24) is 5.32 Å². The highest BCUT2D eigenvalue weighted by atomic mass is 16.7. The number of hydrogen-bond donors (Lipinski definition) is 9. The molecular formula is C52H91NO13. The van der Waals surface area contributed by atoms with E-state index in [1.165, 1.54) is 70.6 Å². The van der Waals surface area contributed by atoms with E-state index in [0.29, 0.717) is 12.8 Å². The van der Waals surface area contributed by atoms with Crippen molar-refractivity contribution in [3.8, 4) is 0 Å². The highest BCUT2D eigenvalue weighted by Gasteiger charge is 2.51. The molecule has 0 aliphatic carbocycles. The lowest BCUT2D eigenvalue weighted by Gasteiger charge is -2.46. The Morgan fingerprint density at radius 2 is 1.05 bits per heavy atom. The number of amides is 1. The molecule has 2 aliphatic heterocycles. The third-order valence-corrected chi connectivity index (χ3v) is 12.1. The zero-order chi connectivity index (χ0) is 48.2. The Morgan fingerprint density at radius 1 is 0.545 bits per heavy atom. The summed E-state index contributed by atoms with van der Waals surface area (Å²) >= 11 is 0. The van der Waals surface area contributed by atoms with Crippen LogP contribution in [0.15, 0.2) is 60.8 Å². The van der Waals surface area contributed by atoms with Crippen LogP contribution in [0.5, 0.6) is 0 Å². The maximum Gasteiger partial charge on any atom is 0.220 e. The van der Waals surface area contributed by atoms with Gasteiger partial charge in [0.25, 0.3) is 0 Å². The van der Waals surface area contributed by atoms with Gasteiger partial charge >= 0.3 is 0 Å². The maximum absolute atomic E-state index is 13.2. The van der Waals surface area contributed by atoms with E-state index in [9.17, 15) is 45.6 Å². The molecule has 0 aromatic heterocycles. The Hall–Kier alpha value is -2.31. The molecule has 2 rings (SSSR count). The summed E-state index contributed by atoms with van der Waals surface area (Å²) in [5, 5.41) is 86.6. The Labute approximate surface area is 396 Å². The number of unbranched alkanes of at least 4 members (excludes halogenated alkanes) is 17. The van der Waals surface area contributed by atoms with E-state index < -0.39 is 86.8 Å². The van der Waals surface area contributed by atoms with Crippen LogP contribution in [-0.4, -0.2) is 140 Å². The van der Waals surface area contributed by atoms with Crippen LogP contribution in [0.2, 0.25) is 0 Å². The lowest BCUT2D eigenvalue weighted by molar-refractivity contribution is -0.359. The minimum absolute atomic E-state index is 0.262. The molecule has 0 bridgehead atoms. The van der Waals surface area contributed by atoms with Gasteiger partial charge in [-0.05, 0) is 70.6 Å². The highest BCUT2D eigenvalue weighted by Crippen LogP contribution is 2.30. The Balaban J connectivity index is 1.81. The van der Waals surface area contributed by atoms with E-state index in [4.69, 9.17) is 18.9 Å². The van der Waals surface area contributed by atoms with Gasteiger partial charge in [-0.15, -0.1) is 0 Å². The van der Waals surface area contributed by atoms with Gasteiger partial charge in [-0.1, -0.05) is 152 Å². The molecule has 2 aliphatic rings. The summed E-state index contributed by atoms with van der Waals surface area (Å²) in [5.74, 6) is -0.263. The molecular weight excluding hydrogens is 847 g/mol. The maximum atomic E-state index is 13.2. The van der Waals surface area contributed by atoms with Gasteiger partial charge in [-0.2, -0.15) is 0 Å². The summed E-state index contributed by atoms with van der Waals surface area (Å²) in [6.07, 6.45) is 29.9. The van der Waals surface area contributed by atoms with Crippen LogP contribution in [0, 0.1) is 0 Å². The molecule has 1 amide bonds. The first-order chi connectivity index (χ1) is 32.1. The molecule has 0 radical (unpaired) electrons. The second kappa shape index (κ2) is 38.5. The third-order valence-electron chi connectivity index (χ3n) is 12.1. The summed E-state index contributed by atoms with van der Waals surface area (Å²) in [6.45, 7) is 2.65. The van der Waals surface area contributed by atoms with Crippen LogP contribution in [0.3, 0.4) is 0 Å². The number of ether oxygens (including phenoxy) is 4. The predicted molar refractivity (Wildman–Crippen MR) is 258 cm³/mol. The molecule has 14 nitrogen and oxygen atoms in total. The third kappa shape index (κ3) is 25.3. The number of hydrogen-bond acceptors (Lipinski definition) is 13. The lowest BCUT2D eigenvalue weighted by Crippen LogP contribution is -2.65. The molecule has 0 saturated carbocycles. The largest absolute Gasteiger partial charge is 0.394 e. The summed E-state index contributed by atoms with van der Waals surface area (Å²) in [7, 11) is 0. The van der Waals surface area contributed by atoms with Gasteiger partial charge in [0, 0.05) is 6.42 Å². The van der Waals surface area contributed by atoms with Crippen LogP contribution < -0.4 is 5.32 Å². The second-order valence-corrected chi connectivity index (χ2v) is 17.9. The van der Waals surface area contributed by atoms with Crippen LogP contribution in [-0.2, 0) is 23.7 Å². The molecule has 2 heterocycles. The number of carbonyl (C=O) groups excluding carboxylic acids is 1. The smallest absolute Gasteiger partial charge is 0.220 e. The normalized spacial score (nSPS) is 27.3. The van der Waals surface area contributed by atoms with E-state index in [-0.39, 0.29) is 18.9 Å². The molecule has 9 N–H and O–H groups in total. The average molecular weight is 938 g/mol. The fourth-order valence-electron chi connectivity index (χ4n) is 7.95. The van der Waals surface area contributed by atoms with Crippen molar-refractivity contribution in [2.75, 3.05) is 19.8 Å². The van der Waals surface area contributed by atoms with Gasteiger partial charge in [0.05, 0.1) is 32.0 Å². The molecule has 12 atom stereocenters. The van der Waals surface area contributed by atoms with Crippen LogP contribution in [0.1, 0.15) is 168 Å². The van der Waals surface area contributed by atoms with E-state index in [0.717, 1.165) is 64.2 Å². The fraction of sp³-hybridized carbons (Fsp3) is 0.788. The lowest BCUT2D eigenvalue weighted by atomic mass is 9.97. The highest BCUT2D eigenvalue weighted by molar-refractivity contribution is 5.76. The molecule has 0 aromatic carbocycles. The first-order valence-corrected chi connectivity index (χ1v) is 25.5. The Kier molecular flexibility index (Phi) is 34.9. The van der Waals surface area contributed by atoms with Crippen LogP contribution in [0.4, 0.5) is 0 Å². The number of rotatable bonds is 38. The fourth-order valence-corrected chi connectivity index (χ4v) is 7.95. The summed E-state index contributed by atoms with van der Waals surface area (Å²) in [5.41, 5.74) is 0. The van der Waals surface area contributed by atoms with Gasteiger partial charge < -0.3 is 65.1 Å². The monoisotopic (exact) mass is 938 g/mol. The standard InChI is InChI=1S/C52H91NO13/c1-3-5-7-9-11-13-15-16-17-18-19-20-21-22-23-24-26-28-30-32-34-36-44(57)53-40(41(56)35-33-31-29-27-25-14-12-10-8-6-4-2)39-63-51-49(62)47(60)50(43(38-55)65-51)66-52-48(61)46(59)45(58)42(37-54)64-52/h8,10,15-16,18-19,25,27,33,35,40-43,45-52,54-56,58-62H,3-7,9,11-14,17,20-24,26,28-32,34,36-39H2,1-2H3,(H,53,57)/b10-8+,16-15-,19-18-,27-25+,35-33+. The molecule has 0 spiro atoms. The molecule has 12 unspecified atom stereocenters. The predicted octanol–water partition coefficient (Wildman–Crippen LogP) is 6.66. The number of carbonyl (C=O) groups is 1. The molecule has 14 heteroatoms. The van der Waals surface area contributed by atoms with Crippen LogP contribution >= 0.6 is 0 Å². The molecule has 66 heavy (non-hydrogen) atoms. The number of aliphatic hydroxyl groups excluding tert-OH is 8. The quantitative estimate of drug-likeness (QED) is 0.0234. The van der Waals surface area contributed by atoms with E-state index in [2.05, 4.69) is 67.8 Å². The number of allylic oxidation sites excluding steroid dienone is 9. The zero-order valence-electron chi connectivity index (χ0n) is 40.4. The molecule has 382 valence electrons. The van der Waals surface area contributed by atoms with Crippen molar-refractivity contribution in [3.05, 3.63) is 60.8 Å². The van der Waals surface area contributed by atoms with Crippen molar-refractivity contribution in [2.24, 2.45) is 0 Å². The number of aliphatic hydroxyl groups is 8. The molecule has 0 aromatic rings. The van der Waals surface area contributed by atoms with Gasteiger partial charge in [0.15, 0.2) is 12.6 Å².